The maximum atomic E-state index is 12.3. The summed E-state index contributed by atoms with van der Waals surface area (Å²) in [6, 6.07) is 12.7. The summed E-state index contributed by atoms with van der Waals surface area (Å²) in [4.78, 5) is 36.5. The smallest absolute Gasteiger partial charge is 0.306 e. The van der Waals surface area contributed by atoms with E-state index in [2.05, 4.69) is 5.32 Å². The van der Waals surface area contributed by atoms with Crippen LogP contribution in [-0.2, 0) is 27.2 Å². The monoisotopic (exact) mass is 425 g/mol. The van der Waals surface area contributed by atoms with Gasteiger partial charge in [0.05, 0.1) is 13.0 Å². The number of ketones is 1. The van der Waals surface area contributed by atoms with Crippen LogP contribution in [0.3, 0.4) is 0 Å². The highest BCUT2D eigenvalue weighted by Gasteiger charge is 2.14. The number of esters is 1. The topological polar surface area (TPSA) is 81.7 Å². The molecule has 0 saturated carbocycles. The second-order valence-electron chi connectivity index (χ2n) is 7.16. The highest BCUT2D eigenvalue weighted by Crippen LogP contribution is 2.22. The summed E-state index contributed by atoms with van der Waals surface area (Å²) in [7, 11) is 0. The van der Waals surface area contributed by atoms with Crippen molar-refractivity contribution in [3.63, 3.8) is 0 Å². The van der Waals surface area contributed by atoms with Gasteiger partial charge in [-0.2, -0.15) is 0 Å². The number of amides is 1. The van der Waals surface area contributed by atoms with Crippen LogP contribution in [0, 0.1) is 0 Å². The summed E-state index contributed by atoms with van der Waals surface area (Å²) >= 11 is 0. The predicted octanol–water partition coefficient (Wildman–Crippen LogP) is 4.75. The Balaban J connectivity index is 1.79. The number of benzene rings is 2. The Hall–Kier alpha value is -3.15. The standard InChI is InChI=1S/C25H31NO5/c1-4-16-30-21-12-10-20(11-13-21)22(27)14-15-24(29)31-17-23(28)26-25-18(5-2)8-7-9-19(25)6-3/h7-13H,4-6,14-17H2,1-3H3,(H,26,28). The van der Waals surface area contributed by atoms with E-state index in [0.717, 1.165) is 36.1 Å². The maximum absolute atomic E-state index is 12.3. The zero-order valence-electron chi connectivity index (χ0n) is 18.5. The molecule has 0 aliphatic heterocycles. The molecule has 0 unspecified atom stereocenters. The number of anilines is 1. The Morgan fingerprint density at radius 2 is 1.52 bits per heavy atom. The summed E-state index contributed by atoms with van der Waals surface area (Å²) in [5, 5.41) is 2.85. The molecule has 0 heterocycles. The van der Waals surface area contributed by atoms with Crippen LogP contribution in [-0.4, -0.2) is 30.9 Å². The molecule has 1 amide bonds. The van der Waals surface area contributed by atoms with E-state index in [9.17, 15) is 14.4 Å². The molecule has 0 aliphatic carbocycles. The van der Waals surface area contributed by atoms with Gasteiger partial charge in [-0.1, -0.05) is 39.0 Å². The van der Waals surface area contributed by atoms with Crippen molar-refractivity contribution in [2.24, 2.45) is 0 Å². The zero-order valence-corrected chi connectivity index (χ0v) is 18.5. The summed E-state index contributed by atoms with van der Waals surface area (Å²) < 4.78 is 10.5. The van der Waals surface area contributed by atoms with Crippen LogP contribution in [0.2, 0.25) is 0 Å². The first-order valence-corrected chi connectivity index (χ1v) is 10.8. The summed E-state index contributed by atoms with van der Waals surface area (Å²) in [6.07, 6.45) is 2.43. The number of carbonyl (C=O) groups is 3. The van der Waals surface area contributed by atoms with Crippen molar-refractivity contribution in [2.75, 3.05) is 18.5 Å². The molecule has 0 aliphatic rings. The van der Waals surface area contributed by atoms with Crippen molar-refractivity contribution in [3.05, 3.63) is 59.2 Å². The number of aryl methyl sites for hydroxylation is 2. The van der Waals surface area contributed by atoms with Gasteiger partial charge in [0.15, 0.2) is 12.4 Å². The van der Waals surface area contributed by atoms with Crippen LogP contribution < -0.4 is 10.1 Å². The van der Waals surface area contributed by atoms with E-state index in [4.69, 9.17) is 9.47 Å². The zero-order chi connectivity index (χ0) is 22.6. The van der Waals surface area contributed by atoms with Crippen LogP contribution in [0.5, 0.6) is 5.75 Å². The second-order valence-corrected chi connectivity index (χ2v) is 7.16. The molecule has 31 heavy (non-hydrogen) atoms. The van der Waals surface area contributed by atoms with E-state index >= 15 is 0 Å². The molecule has 1 N–H and O–H groups in total. The molecule has 2 aromatic rings. The van der Waals surface area contributed by atoms with Crippen molar-refractivity contribution in [1.82, 2.24) is 0 Å². The largest absolute Gasteiger partial charge is 0.494 e. The Morgan fingerprint density at radius 1 is 0.871 bits per heavy atom. The first-order chi connectivity index (χ1) is 15.0. The molecule has 2 rings (SSSR count). The number of hydrogen-bond donors (Lipinski definition) is 1. The lowest BCUT2D eigenvalue weighted by atomic mass is 10.0. The average Bonchev–Trinajstić information content (AvgIpc) is 2.80. The predicted molar refractivity (Wildman–Crippen MR) is 121 cm³/mol. The third-order valence-electron chi connectivity index (χ3n) is 4.83. The summed E-state index contributed by atoms with van der Waals surface area (Å²) in [5.74, 6) is -0.420. The van der Waals surface area contributed by atoms with Gasteiger partial charge in [0, 0.05) is 17.7 Å². The number of rotatable bonds is 12. The Bertz CT molecular complexity index is 867. The lowest BCUT2D eigenvalue weighted by Gasteiger charge is -2.14. The van der Waals surface area contributed by atoms with Gasteiger partial charge >= 0.3 is 5.97 Å². The van der Waals surface area contributed by atoms with Gasteiger partial charge in [-0.15, -0.1) is 0 Å². The molecule has 0 atom stereocenters. The van der Waals surface area contributed by atoms with Crippen LogP contribution in [0.4, 0.5) is 5.69 Å². The van der Waals surface area contributed by atoms with Gasteiger partial charge in [-0.25, -0.2) is 0 Å². The van der Waals surface area contributed by atoms with Crippen molar-refractivity contribution >= 4 is 23.3 Å². The molecule has 0 bridgehead atoms. The molecule has 0 aromatic heterocycles. The molecule has 6 heteroatoms. The fourth-order valence-electron chi connectivity index (χ4n) is 3.11. The molecular weight excluding hydrogens is 394 g/mol. The summed E-state index contributed by atoms with van der Waals surface area (Å²) in [6.45, 7) is 6.31. The number of Topliss-reactive ketones (excluding diaryl/α,β-unsaturated/α-hetero) is 1. The fraction of sp³-hybridized carbons (Fsp3) is 0.400. The number of para-hydroxylation sites is 1. The summed E-state index contributed by atoms with van der Waals surface area (Å²) in [5.41, 5.74) is 3.37. The minimum Gasteiger partial charge on any atom is -0.494 e. The molecular formula is C25H31NO5. The molecule has 0 radical (unpaired) electrons. The van der Waals surface area contributed by atoms with E-state index in [1.165, 1.54) is 0 Å². The molecule has 2 aromatic carbocycles. The van der Waals surface area contributed by atoms with Crippen LogP contribution >= 0.6 is 0 Å². The first kappa shape index (κ1) is 24.1. The van der Waals surface area contributed by atoms with Crippen molar-refractivity contribution in [2.45, 2.75) is 52.9 Å². The molecule has 0 fully saturated rings. The molecule has 0 spiro atoms. The Morgan fingerprint density at radius 3 is 2.10 bits per heavy atom. The maximum Gasteiger partial charge on any atom is 0.306 e. The quantitative estimate of drug-likeness (QED) is 0.392. The number of hydrogen-bond acceptors (Lipinski definition) is 5. The average molecular weight is 426 g/mol. The normalized spacial score (nSPS) is 10.4. The van der Waals surface area contributed by atoms with E-state index in [0.29, 0.717) is 17.9 Å². The van der Waals surface area contributed by atoms with Gasteiger partial charge in [-0.05, 0) is 54.7 Å². The highest BCUT2D eigenvalue weighted by molar-refractivity contribution is 5.98. The SMILES string of the molecule is CCCOc1ccc(C(=O)CCC(=O)OCC(=O)Nc2c(CC)cccc2CC)cc1. The Kier molecular flexibility index (Phi) is 9.75. The van der Waals surface area contributed by atoms with Gasteiger partial charge in [-0.3, -0.25) is 14.4 Å². The van der Waals surface area contributed by atoms with E-state index in [1.54, 1.807) is 24.3 Å². The van der Waals surface area contributed by atoms with Gasteiger partial charge in [0.25, 0.3) is 5.91 Å². The van der Waals surface area contributed by atoms with E-state index < -0.39 is 11.9 Å². The Labute approximate surface area is 183 Å². The van der Waals surface area contributed by atoms with Crippen molar-refractivity contribution < 1.29 is 23.9 Å². The lowest BCUT2D eigenvalue weighted by molar-refractivity contribution is -0.147. The lowest BCUT2D eigenvalue weighted by Crippen LogP contribution is -2.22. The van der Waals surface area contributed by atoms with Gasteiger partial charge in [0.2, 0.25) is 0 Å². The van der Waals surface area contributed by atoms with E-state index in [1.807, 2.05) is 39.0 Å². The van der Waals surface area contributed by atoms with Crippen LogP contribution in [0.15, 0.2) is 42.5 Å². The molecule has 6 nitrogen and oxygen atoms in total. The van der Waals surface area contributed by atoms with Gasteiger partial charge in [0.1, 0.15) is 5.75 Å². The van der Waals surface area contributed by atoms with Crippen molar-refractivity contribution in [3.8, 4) is 5.75 Å². The molecule has 166 valence electrons. The number of ether oxygens (including phenoxy) is 2. The minimum atomic E-state index is -0.578. The number of nitrogens with one attached hydrogen (secondary N) is 1. The van der Waals surface area contributed by atoms with Gasteiger partial charge < -0.3 is 14.8 Å². The molecule has 0 saturated heterocycles. The third kappa shape index (κ3) is 7.55. The second kappa shape index (κ2) is 12.5. The van der Waals surface area contributed by atoms with E-state index in [-0.39, 0.29) is 25.2 Å². The van der Waals surface area contributed by atoms with Crippen LogP contribution in [0.25, 0.3) is 0 Å². The highest BCUT2D eigenvalue weighted by atomic mass is 16.5. The number of carbonyl (C=O) groups excluding carboxylic acids is 3. The first-order valence-electron chi connectivity index (χ1n) is 10.8. The minimum absolute atomic E-state index is 0.0221. The van der Waals surface area contributed by atoms with Crippen LogP contribution in [0.1, 0.15) is 61.5 Å². The third-order valence-corrected chi connectivity index (χ3v) is 4.83. The fourth-order valence-corrected chi connectivity index (χ4v) is 3.11. The van der Waals surface area contributed by atoms with Crippen molar-refractivity contribution in [1.29, 1.82) is 0 Å².